The van der Waals surface area contributed by atoms with Crippen molar-refractivity contribution in [3.8, 4) is 5.75 Å². The Hall–Kier alpha value is -2.64. The molecule has 0 unspecified atom stereocenters. The molecule has 2 aromatic rings. The van der Waals surface area contributed by atoms with Crippen molar-refractivity contribution in [3.63, 3.8) is 0 Å². The Morgan fingerprint density at radius 3 is 2.96 bits per heavy atom. The molecule has 0 bridgehead atoms. The van der Waals surface area contributed by atoms with Crippen molar-refractivity contribution >= 4 is 11.7 Å². The van der Waals surface area contributed by atoms with Gasteiger partial charge in [-0.2, -0.15) is 5.10 Å². The highest BCUT2D eigenvalue weighted by molar-refractivity contribution is 5.89. The standard InChI is InChI=1S/C17H20FN5O2/c18-14-8-11(4-6-15(14)25-13-2-1-3-13)21-17(24)22-12-5-7-16-19-10-20-23(16)9-12/h4,6,8,10,12-13H,1-3,5,7,9H2,(H2,21,22,24)/t12-/m0/s1. The zero-order valence-electron chi connectivity index (χ0n) is 13.7. The molecule has 0 saturated heterocycles. The van der Waals surface area contributed by atoms with Gasteiger partial charge in [0, 0.05) is 18.2 Å². The second kappa shape index (κ2) is 6.70. The maximum atomic E-state index is 14.1. The Morgan fingerprint density at radius 1 is 1.32 bits per heavy atom. The Kier molecular flexibility index (Phi) is 4.25. The van der Waals surface area contributed by atoms with Crippen LogP contribution in [0.4, 0.5) is 14.9 Å². The van der Waals surface area contributed by atoms with Crippen LogP contribution < -0.4 is 15.4 Å². The summed E-state index contributed by atoms with van der Waals surface area (Å²) in [4.78, 5) is 16.3. The Morgan fingerprint density at radius 2 is 2.20 bits per heavy atom. The Bertz CT molecular complexity index is 774. The van der Waals surface area contributed by atoms with E-state index in [1.54, 1.807) is 16.8 Å². The lowest BCUT2D eigenvalue weighted by atomic mass is 9.96. The fourth-order valence-electron chi connectivity index (χ4n) is 3.05. The number of carbonyl (C=O) groups excluding carboxylic acids is 1. The number of aromatic nitrogens is 3. The van der Waals surface area contributed by atoms with Gasteiger partial charge >= 0.3 is 6.03 Å². The summed E-state index contributed by atoms with van der Waals surface area (Å²) in [5, 5.41) is 9.68. The van der Waals surface area contributed by atoms with Crippen LogP contribution in [0.3, 0.4) is 0 Å². The van der Waals surface area contributed by atoms with Crippen LogP contribution in [0.5, 0.6) is 5.75 Å². The summed E-state index contributed by atoms with van der Waals surface area (Å²) < 4.78 is 21.5. The Labute approximate surface area is 144 Å². The van der Waals surface area contributed by atoms with Gasteiger partial charge in [0.2, 0.25) is 0 Å². The third kappa shape index (κ3) is 3.57. The lowest BCUT2D eigenvalue weighted by Gasteiger charge is -2.26. The lowest BCUT2D eigenvalue weighted by Crippen LogP contribution is -2.43. The highest BCUT2D eigenvalue weighted by Crippen LogP contribution is 2.28. The van der Waals surface area contributed by atoms with E-state index < -0.39 is 5.82 Å². The van der Waals surface area contributed by atoms with Crippen molar-refractivity contribution < 1.29 is 13.9 Å². The van der Waals surface area contributed by atoms with E-state index in [4.69, 9.17) is 4.74 Å². The van der Waals surface area contributed by atoms with Gasteiger partial charge in [0.15, 0.2) is 11.6 Å². The fraction of sp³-hybridized carbons (Fsp3) is 0.471. The van der Waals surface area contributed by atoms with E-state index in [-0.39, 0.29) is 23.9 Å². The van der Waals surface area contributed by atoms with Crippen LogP contribution in [0, 0.1) is 5.82 Å². The predicted octanol–water partition coefficient (Wildman–Crippen LogP) is 2.49. The van der Waals surface area contributed by atoms with E-state index in [0.717, 1.165) is 37.9 Å². The molecule has 0 spiro atoms. The first-order chi connectivity index (χ1) is 12.2. The van der Waals surface area contributed by atoms with E-state index in [9.17, 15) is 9.18 Å². The van der Waals surface area contributed by atoms with Gasteiger partial charge in [-0.1, -0.05) is 0 Å². The van der Waals surface area contributed by atoms with Crippen LogP contribution in [-0.4, -0.2) is 32.9 Å². The molecule has 2 aliphatic rings. The van der Waals surface area contributed by atoms with Crippen LogP contribution in [0.25, 0.3) is 0 Å². The van der Waals surface area contributed by atoms with Gasteiger partial charge in [0.05, 0.1) is 18.7 Å². The average Bonchev–Trinajstić information content (AvgIpc) is 3.00. The van der Waals surface area contributed by atoms with Gasteiger partial charge in [0.25, 0.3) is 0 Å². The molecule has 132 valence electrons. The maximum Gasteiger partial charge on any atom is 0.319 e. The molecule has 1 aliphatic carbocycles. The maximum absolute atomic E-state index is 14.1. The number of ether oxygens (including phenoxy) is 1. The molecule has 7 nitrogen and oxygen atoms in total. The number of nitrogens with one attached hydrogen (secondary N) is 2. The monoisotopic (exact) mass is 345 g/mol. The molecule has 1 atom stereocenters. The van der Waals surface area contributed by atoms with E-state index in [1.165, 1.54) is 12.4 Å². The smallest absolute Gasteiger partial charge is 0.319 e. The zero-order chi connectivity index (χ0) is 17.2. The molecule has 2 heterocycles. The number of anilines is 1. The van der Waals surface area contributed by atoms with E-state index >= 15 is 0 Å². The van der Waals surface area contributed by atoms with Gasteiger partial charge < -0.3 is 15.4 Å². The molecule has 1 aliphatic heterocycles. The average molecular weight is 345 g/mol. The molecule has 0 radical (unpaired) electrons. The minimum atomic E-state index is -0.463. The summed E-state index contributed by atoms with van der Waals surface area (Å²) in [6.45, 7) is 0.589. The van der Waals surface area contributed by atoms with Gasteiger partial charge in [-0.25, -0.2) is 18.9 Å². The van der Waals surface area contributed by atoms with Crippen LogP contribution in [0.2, 0.25) is 0 Å². The van der Waals surface area contributed by atoms with Crippen molar-refractivity contribution in [2.75, 3.05) is 5.32 Å². The van der Waals surface area contributed by atoms with Gasteiger partial charge in [-0.3, -0.25) is 0 Å². The summed E-state index contributed by atoms with van der Waals surface area (Å²) in [5.74, 6) is 0.707. The third-order valence-corrected chi connectivity index (χ3v) is 4.68. The van der Waals surface area contributed by atoms with E-state index in [1.807, 2.05) is 0 Å². The van der Waals surface area contributed by atoms with Crippen molar-refractivity contribution in [3.05, 3.63) is 36.2 Å². The van der Waals surface area contributed by atoms with Crippen molar-refractivity contribution in [2.45, 2.75) is 50.8 Å². The number of nitrogens with zero attached hydrogens (tertiary/aromatic N) is 3. The first kappa shape index (κ1) is 15.9. The summed E-state index contributed by atoms with van der Waals surface area (Å²) in [7, 11) is 0. The number of hydrogen-bond donors (Lipinski definition) is 2. The first-order valence-electron chi connectivity index (χ1n) is 8.58. The number of halogens is 1. The lowest BCUT2D eigenvalue weighted by molar-refractivity contribution is 0.115. The number of fused-ring (bicyclic) bond motifs is 1. The zero-order valence-corrected chi connectivity index (χ0v) is 13.7. The molecular formula is C17H20FN5O2. The molecule has 1 fully saturated rings. The number of urea groups is 1. The minimum absolute atomic E-state index is 0.0275. The minimum Gasteiger partial charge on any atom is -0.487 e. The second-order valence-corrected chi connectivity index (χ2v) is 6.51. The molecule has 2 amide bonds. The summed E-state index contributed by atoms with van der Waals surface area (Å²) in [6, 6.07) is 4.10. The molecule has 2 N–H and O–H groups in total. The molecule has 1 saturated carbocycles. The van der Waals surface area contributed by atoms with Crippen LogP contribution in [-0.2, 0) is 13.0 Å². The quantitative estimate of drug-likeness (QED) is 0.892. The molecule has 4 rings (SSSR count). The predicted molar refractivity (Wildman–Crippen MR) is 89.0 cm³/mol. The molecule has 1 aromatic heterocycles. The SMILES string of the molecule is O=C(Nc1ccc(OC2CCC2)c(F)c1)N[C@H]1CCc2ncnn2C1. The van der Waals surface area contributed by atoms with E-state index in [0.29, 0.717) is 12.2 Å². The highest BCUT2D eigenvalue weighted by Gasteiger charge is 2.22. The highest BCUT2D eigenvalue weighted by atomic mass is 19.1. The molecule has 8 heteroatoms. The van der Waals surface area contributed by atoms with Crippen molar-refractivity contribution in [1.29, 1.82) is 0 Å². The summed E-state index contributed by atoms with van der Waals surface area (Å²) >= 11 is 0. The van der Waals surface area contributed by atoms with Gasteiger partial charge in [-0.15, -0.1) is 0 Å². The third-order valence-electron chi connectivity index (χ3n) is 4.68. The van der Waals surface area contributed by atoms with Crippen molar-refractivity contribution in [2.24, 2.45) is 0 Å². The molecule has 1 aromatic carbocycles. The van der Waals surface area contributed by atoms with Crippen LogP contribution in [0.15, 0.2) is 24.5 Å². The number of rotatable bonds is 4. The van der Waals surface area contributed by atoms with Crippen molar-refractivity contribution in [1.82, 2.24) is 20.1 Å². The van der Waals surface area contributed by atoms with E-state index in [2.05, 4.69) is 20.7 Å². The fourth-order valence-corrected chi connectivity index (χ4v) is 3.05. The number of carbonyl (C=O) groups is 1. The largest absolute Gasteiger partial charge is 0.487 e. The number of hydrogen-bond acceptors (Lipinski definition) is 4. The topological polar surface area (TPSA) is 81.1 Å². The molecule has 25 heavy (non-hydrogen) atoms. The van der Waals surface area contributed by atoms with Crippen LogP contribution >= 0.6 is 0 Å². The number of aryl methyl sites for hydroxylation is 1. The van der Waals surface area contributed by atoms with Gasteiger partial charge in [0.1, 0.15) is 12.2 Å². The summed E-state index contributed by atoms with van der Waals surface area (Å²) in [5.41, 5.74) is 0.396. The summed E-state index contributed by atoms with van der Waals surface area (Å²) in [6.07, 6.45) is 6.27. The normalized spacial score (nSPS) is 19.6. The molecular weight excluding hydrogens is 325 g/mol. The Balaban J connectivity index is 1.32. The van der Waals surface area contributed by atoms with Crippen LogP contribution in [0.1, 0.15) is 31.5 Å². The second-order valence-electron chi connectivity index (χ2n) is 6.51. The van der Waals surface area contributed by atoms with Gasteiger partial charge in [-0.05, 0) is 37.8 Å². The number of amides is 2. The number of benzene rings is 1. The first-order valence-corrected chi connectivity index (χ1v) is 8.58.